The van der Waals surface area contributed by atoms with Gasteiger partial charge in [-0.2, -0.15) is 5.10 Å². The highest BCUT2D eigenvalue weighted by atomic mass is 79.9. The van der Waals surface area contributed by atoms with Crippen LogP contribution in [0.2, 0.25) is 0 Å². The number of halogens is 1. The maximum Gasteiger partial charge on any atom is 0.261 e. The molecule has 1 aromatic carbocycles. The molecule has 1 amide bonds. The van der Waals surface area contributed by atoms with Crippen LogP contribution in [0.3, 0.4) is 0 Å². The minimum atomic E-state index is -0.250. The van der Waals surface area contributed by atoms with E-state index in [4.69, 9.17) is 15.5 Å². The third kappa shape index (κ3) is 4.30. The first-order chi connectivity index (χ1) is 15.6. The lowest BCUT2D eigenvalue weighted by Gasteiger charge is -2.31. The van der Waals surface area contributed by atoms with Crippen LogP contribution in [0, 0.1) is 0 Å². The Bertz CT molecular complexity index is 1130. The zero-order valence-corrected chi connectivity index (χ0v) is 19.3. The van der Waals surface area contributed by atoms with Crippen molar-refractivity contribution in [3.63, 3.8) is 0 Å². The van der Waals surface area contributed by atoms with Gasteiger partial charge in [0.25, 0.3) is 5.91 Å². The lowest BCUT2D eigenvalue weighted by Crippen LogP contribution is -2.43. The molecule has 0 unspecified atom stereocenters. The normalized spacial score (nSPS) is 19.4. The Labute approximate surface area is 194 Å². The minimum Gasteiger partial charge on any atom is -0.378 e. The molecule has 2 aliphatic rings. The van der Waals surface area contributed by atoms with Gasteiger partial charge >= 0.3 is 0 Å². The lowest BCUT2D eigenvalue weighted by molar-refractivity contribution is 0.102. The van der Waals surface area contributed by atoms with Gasteiger partial charge in [0.1, 0.15) is 11.4 Å². The number of nitrogens with two attached hydrogens (primary N) is 1. The molecule has 0 spiro atoms. The number of anilines is 3. The Morgan fingerprint density at radius 1 is 1.19 bits per heavy atom. The van der Waals surface area contributed by atoms with Crippen LogP contribution >= 0.6 is 15.9 Å². The molecule has 5 rings (SSSR count). The third-order valence-electron chi connectivity index (χ3n) is 5.96. The fraction of sp³-hybridized carbons (Fsp3) is 0.409. The molecule has 2 aromatic heterocycles. The zero-order valence-electron chi connectivity index (χ0n) is 17.7. The largest absolute Gasteiger partial charge is 0.378 e. The molecule has 0 saturated carbocycles. The second kappa shape index (κ2) is 9.05. The molecule has 1 atom stereocenters. The Morgan fingerprint density at radius 3 is 2.81 bits per heavy atom. The van der Waals surface area contributed by atoms with Crippen molar-refractivity contribution in [3.8, 4) is 0 Å². The van der Waals surface area contributed by atoms with Crippen LogP contribution in [-0.2, 0) is 4.74 Å². The summed E-state index contributed by atoms with van der Waals surface area (Å²) < 4.78 is 7.87. The quantitative estimate of drug-likeness (QED) is 0.568. The van der Waals surface area contributed by atoms with E-state index in [1.165, 1.54) is 0 Å². The molecule has 10 heteroatoms. The van der Waals surface area contributed by atoms with E-state index in [0.717, 1.165) is 68.2 Å². The van der Waals surface area contributed by atoms with Crippen molar-refractivity contribution in [2.45, 2.75) is 18.9 Å². The number of hydrogen-bond donors (Lipinski definition) is 2. The number of aromatic nitrogens is 3. The summed E-state index contributed by atoms with van der Waals surface area (Å²) in [6.45, 7) is 4.84. The van der Waals surface area contributed by atoms with Gasteiger partial charge < -0.3 is 25.6 Å². The summed E-state index contributed by atoms with van der Waals surface area (Å²) in [6, 6.07) is 8.00. The van der Waals surface area contributed by atoms with E-state index in [1.54, 1.807) is 10.7 Å². The van der Waals surface area contributed by atoms with Gasteiger partial charge in [-0.25, -0.2) is 9.50 Å². The number of morpholine rings is 1. The van der Waals surface area contributed by atoms with Crippen molar-refractivity contribution in [1.82, 2.24) is 14.6 Å². The van der Waals surface area contributed by atoms with Crippen molar-refractivity contribution < 1.29 is 9.53 Å². The van der Waals surface area contributed by atoms with Gasteiger partial charge in [0.05, 0.1) is 25.1 Å². The molecule has 9 nitrogen and oxygen atoms in total. The summed E-state index contributed by atoms with van der Waals surface area (Å²) in [5.41, 5.74) is 8.88. The van der Waals surface area contributed by atoms with E-state index in [2.05, 4.69) is 36.1 Å². The molecule has 0 bridgehead atoms. The van der Waals surface area contributed by atoms with E-state index in [-0.39, 0.29) is 11.9 Å². The topological polar surface area (TPSA) is 101 Å². The minimum absolute atomic E-state index is 0.146. The second-order valence-electron chi connectivity index (χ2n) is 8.18. The molecular formula is C22H26BrN7O2. The van der Waals surface area contributed by atoms with Crippen molar-refractivity contribution >= 4 is 44.7 Å². The molecule has 32 heavy (non-hydrogen) atoms. The SMILES string of the molecule is N[C@@H]1CCCN(c2ccn3ncc(C(=O)Nc4ccc(N5CCOCC5)cc4Br)c3n2)C1. The van der Waals surface area contributed by atoms with E-state index < -0.39 is 0 Å². The second-order valence-corrected chi connectivity index (χ2v) is 9.03. The van der Waals surface area contributed by atoms with Gasteiger partial charge in [-0.05, 0) is 53.0 Å². The first-order valence-corrected chi connectivity index (χ1v) is 11.7. The van der Waals surface area contributed by atoms with Gasteiger partial charge in [0.15, 0.2) is 5.65 Å². The fourth-order valence-corrected chi connectivity index (χ4v) is 4.69. The number of ether oxygens (including phenoxy) is 1. The highest BCUT2D eigenvalue weighted by Gasteiger charge is 2.21. The van der Waals surface area contributed by atoms with Gasteiger partial charge in [0, 0.05) is 48.6 Å². The molecule has 4 heterocycles. The average molecular weight is 500 g/mol. The Hall–Kier alpha value is -2.69. The average Bonchev–Trinajstić information content (AvgIpc) is 3.24. The summed E-state index contributed by atoms with van der Waals surface area (Å²) in [6.07, 6.45) is 5.45. The molecule has 168 valence electrons. The molecule has 3 N–H and O–H groups in total. The Kier molecular flexibility index (Phi) is 5.99. The summed E-state index contributed by atoms with van der Waals surface area (Å²) in [5, 5.41) is 7.29. The number of piperidine rings is 1. The summed E-state index contributed by atoms with van der Waals surface area (Å²) in [5.74, 6) is 0.568. The van der Waals surface area contributed by atoms with Crippen molar-refractivity contribution in [3.05, 3.63) is 46.7 Å². The highest BCUT2D eigenvalue weighted by Crippen LogP contribution is 2.29. The first kappa shape index (κ1) is 21.2. The number of amides is 1. The Balaban J connectivity index is 1.36. The maximum atomic E-state index is 13.1. The van der Waals surface area contributed by atoms with Crippen LogP contribution in [0.1, 0.15) is 23.2 Å². The van der Waals surface area contributed by atoms with Crippen LogP contribution in [0.4, 0.5) is 17.2 Å². The molecule has 3 aromatic rings. The third-order valence-corrected chi connectivity index (χ3v) is 6.61. The number of nitrogens with one attached hydrogen (secondary N) is 1. The monoisotopic (exact) mass is 499 g/mol. The summed E-state index contributed by atoms with van der Waals surface area (Å²) in [7, 11) is 0. The van der Waals surface area contributed by atoms with E-state index in [9.17, 15) is 4.79 Å². The standard InChI is InChI=1S/C22H26BrN7O2/c23-18-12-16(28-8-10-32-11-9-28)3-4-19(18)26-22(31)17-13-25-30-7-5-20(27-21(17)30)29-6-1-2-15(24)14-29/h3-5,7,12-13,15H,1-2,6,8-11,14,24H2,(H,26,31)/t15-/m1/s1. The van der Waals surface area contributed by atoms with Crippen molar-refractivity contribution in [1.29, 1.82) is 0 Å². The number of rotatable bonds is 4. The predicted molar refractivity (Wildman–Crippen MR) is 128 cm³/mol. The van der Waals surface area contributed by atoms with Gasteiger partial charge in [-0.15, -0.1) is 0 Å². The maximum absolute atomic E-state index is 13.1. The molecular weight excluding hydrogens is 474 g/mol. The molecule has 0 aliphatic carbocycles. The van der Waals surface area contributed by atoms with Crippen LogP contribution in [-0.4, -0.2) is 65.9 Å². The number of carbonyl (C=O) groups excluding carboxylic acids is 1. The number of benzene rings is 1. The van der Waals surface area contributed by atoms with Gasteiger partial charge in [0.2, 0.25) is 0 Å². The van der Waals surface area contributed by atoms with E-state index >= 15 is 0 Å². The number of nitrogens with zero attached hydrogens (tertiary/aromatic N) is 5. The Morgan fingerprint density at radius 2 is 2.03 bits per heavy atom. The van der Waals surface area contributed by atoms with Crippen LogP contribution < -0.4 is 20.9 Å². The predicted octanol–water partition coefficient (Wildman–Crippen LogP) is 2.51. The summed E-state index contributed by atoms with van der Waals surface area (Å²) in [4.78, 5) is 22.3. The number of hydrogen-bond acceptors (Lipinski definition) is 7. The van der Waals surface area contributed by atoms with Gasteiger partial charge in [-0.1, -0.05) is 0 Å². The smallest absolute Gasteiger partial charge is 0.261 e. The summed E-state index contributed by atoms with van der Waals surface area (Å²) >= 11 is 3.60. The first-order valence-electron chi connectivity index (χ1n) is 10.9. The van der Waals surface area contributed by atoms with E-state index in [1.807, 2.05) is 30.5 Å². The van der Waals surface area contributed by atoms with Crippen molar-refractivity contribution in [2.24, 2.45) is 5.73 Å². The van der Waals surface area contributed by atoms with Crippen LogP contribution in [0.15, 0.2) is 41.1 Å². The van der Waals surface area contributed by atoms with Crippen LogP contribution in [0.5, 0.6) is 0 Å². The van der Waals surface area contributed by atoms with Crippen molar-refractivity contribution in [2.75, 3.05) is 54.5 Å². The van der Waals surface area contributed by atoms with Gasteiger partial charge in [-0.3, -0.25) is 4.79 Å². The molecule has 2 fully saturated rings. The molecule has 2 saturated heterocycles. The molecule has 2 aliphatic heterocycles. The van der Waals surface area contributed by atoms with E-state index in [0.29, 0.717) is 16.9 Å². The molecule has 0 radical (unpaired) electrons. The fourth-order valence-electron chi connectivity index (χ4n) is 4.23. The number of carbonyl (C=O) groups is 1. The lowest BCUT2D eigenvalue weighted by atomic mass is 10.1. The highest BCUT2D eigenvalue weighted by molar-refractivity contribution is 9.10. The zero-order chi connectivity index (χ0) is 22.1. The number of fused-ring (bicyclic) bond motifs is 1. The van der Waals surface area contributed by atoms with Crippen LogP contribution in [0.25, 0.3) is 5.65 Å².